The third-order valence-corrected chi connectivity index (χ3v) is 5.26. The molecule has 2 heterocycles. The lowest BCUT2D eigenvalue weighted by Crippen LogP contribution is -2.14. The first-order chi connectivity index (χ1) is 12.6. The van der Waals surface area contributed by atoms with Gasteiger partial charge < -0.3 is 15.4 Å². The molecule has 0 atom stereocenters. The Balaban J connectivity index is 1.49. The predicted molar refractivity (Wildman–Crippen MR) is 105 cm³/mol. The third-order valence-electron chi connectivity index (χ3n) is 3.07. The second kappa shape index (κ2) is 8.84. The number of ether oxygens (including phenoxy) is 1. The summed E-state index contributed by atoms with van der Waals surface area (Å²) in [5.74, 6) is 1.27. The third kappa shape index (κ3) is 5.32. The van der Waals surface area contributed by atoms with Crippen LogP contribution in [-0.2, 0) is 4.79 Å². The second-order valence-corrected chi connectivity index (χ2v) is 7.56. The minimum Gasteiger partial charge on any atom is -0.497 e. The molecule has 0 fully saturated rings. The number of rotatable bonds is 7. The molecule has 0 bridgehead atoms. The van der Waals surface area contributed by atoms with Gasteiger partial charge in [-0.1, -0.05) is 34.7 Å². The summed E-state index contributed by atoms with van der Waals surface area (Å²) in [5.41, 5.74) is 0.880. The summed E-state index contributed by atoms with van der Waals surface area (Å²) in [4.78, 5) is 16.0. The maximum atomic E-state index is 12.0. The van der Waals surface area contributed by atoms with Gasteiger partial charge in [0.2, 0.25) is 11.0 Å². The van der Waals surface area contributed by atoms with E-state index in [1.807, 2.05) is 24.3 Å². The summed E-state index contributed by atoms with van der Waals surface area (Å²) < 4.78 is 5.82. The van der Waals surface area contributed by atoms with Gasteiger partial charge in [0.1, 0.15) is 11.6 Å². The summed E-state index contributed by atoms with van der Waals surface area (Å²) in [5, 5.41) is 15.2. The Hall–Kier alpha value is -2.36. The van der Waals surface area contributed by atoms with Crippen LogP contribution in [0.4, 0.5) is 16.6 Å². The predicted octanol–water partition coefficient (Wildman–Crippen LogP) is 4.07. The maximum Gasteiger partial charge on any atom is 0.235 e. The molecule has 0 radical (unpaired) electrons. The zero-order chi connectivity index (χ0) is 18.4. The summed E-state index contributed by atoms with van der Waals surface area (Å²) in [7, 11) is 1.62. The zero-order valence-electron chi connectivity index (χ0n) is 13.6. The number of carbonyl (C=O) groups is 1. The molecule has 0 aliphatic carbocycles. The van der Waals surface area contributed by atoms with Crippen molar-refractivity contribution >= 4 is 57.2 Å². The molecule has 0 unspecified atom stereocenters. The van der Waals surface area contributed by atoms with Crippen LogP contribution in [0.25, 0.3) is 0 Å². The SMILES string of the molecule is COc1ccc(Nc2nnc(SCC(=O)Nc3ccc(Cl)cn3)s2)cc1. The van der Waals surface area contributed by atoms with Crippen LogP contribution in [0.1, 0.15) is 0 Å². The van der Waals surface area contributed by atoms with Crippen molar-refractivity contribution in [3.63, 3.8) is 0 Å². The monoisotopic (exact) mass is 407 g/mol. The number of pyridine rings is 1. The number of halogens is 1. The molecule has 2 N–H and O–H groups in total. The van der Waals surface area contributed by atoms with Gasteiger partial charge in [-0.15, -0.1) is 10.2 Å². The fraction of sp³-hybridized carbons (Fsp3) is 0.125. The second-order valence-electron chi connectivity index (χ2n) is 4.93. The minimum atomic E-state index is -0.176. The van der Waals surface area contributed by atoms with Crippen LogP contribution in [0.15, 0.2) is 46.9 Å². The Kier molecular flexibility index (Phi) is 6.26. The molecule has 3 rings (SSSR count). The number of methoxy groups -OCH3 is 1. The molecule has 0 aliphatic rings. The van der Waals surface area contributed by atoms with E-state index in [9.17, 15) is 4.79 Å². The number of anilines is 3. The topological polar surface area (TPSA) is 89.0 Å². The average molecular weight is 408 g/mol. The van der Waals surface area contributed by atoms with Crippen LogP contribution in [0.2, 0.25) is 5.02 Å². The average Bonchev–Trinajstić information content (AvgIpc) is 3.10. The van der Waals surface area contributed by atoms with Gasteiger partial charge >= 0.3 is 0 Å². The lowest BCUT2D eigenvalue weighted by molar-refractivity contribution is -0.113. The highest BCUT2D eigenvalue weighted by Gasteiger charge is 2.09. The molecule has 10 heteroatoms. The van der Waals surface area contributed by atoms with E-state index < -0.39 is 0 Å². The summed E-state index contributed by atoms with van der Waals surface area (Å²) in [6.07, 6.45) is 1.48. The van der Waals surface area contributed by atoms with Gasteiger partial charge in [0.25, 0.3) is 0 Å². The van der Waals surface area contributed by atoms with E-state index >= 15 is 0 Å². The van der Waals surface area contributed by atoms with Crippen molar-refractivity contribution in [1.82, 2.24) is 15.2 Å². The lowest BCUT2D eigenvalue weighted by Gasteiger charge is -2.03. The standard InChI is InChI=1S/C16H14ClN5O2S2/c1-24-12-5-3-11(4-6-12)19-15-21-22-16(26-15)25-9-14(23)20-13-7-2-10(17)8-18-13/h2-8H,9H2,1H3,(H,19,21)(H,18,20,23). The molecule has 1 amide bonds. The van der Waals surface area contributed by atoms with E-state index in [4.69, 9.17) is 16.3 Å². The molecule has 1 aromatic carbocycles. The van der Waals surface area contributed by atoms with E-state index in [0.29, 0.717) is 20.3 Å². The van der Waals surface area contributed by atoms with Crippen molar-refractivity contribution in [2.75, 3.05) is 23.5 Å². The fourth-order valence-electron chi connectivity index (χ4n) is 1.87. The van der Waals surface area contributed by atoms with Crippen LogP contribution in [0, 0.1) is 0 Å². The highest BCUT2D eigenvalue weighted by atomic mass is 35.5. The summed E-state index contributed by atoms with van der Waals surface area (Å²) >= 11 is 8.44. The molecule has 3 aromatic rings. The van der Waals surface area contributed by atoms with Crippen molar-refractivity contribution in [1.29, 1.82) is 0 Å². The Morgan fingerprint density at radius 2 is 2.04 bits per heavy atom. The molecule has 0 saturated carbocycles. The summed E-state index contributed by atoms with van der Waals surface area (Å²) in [6.45, 7) is 0. The number of aromatic nitrogens is 3. The van der Waals surface area contributed by atoms with Crippen molar-refractivity contribution in [2.45, 2.75) is 4.34 Å². The zero-order valence-corrected chi connectivity index (χ0v) is 16.0. The number of nitrogens with one attached hydrogen (secondary N) is 2. The number of hydrogen-bond donors (Lipinski definition) is 2. The molecule has 2 aromatic heterocycles. The quantitative estimate of drug-likeness (QED) is 0.570. The van der Waals surface area contributed by atoms with Gasteiger partial charge in [0.05, 0.1) is 17.9 Å². The van der Waals surface area contributed by atoms with E-state index in [0.717, 1.165) is 11.4 Å². The van der Waals surface area contributed by atoms with Gasteiger partial charge in [-0.3, -0.25) is 4.79 Å². The highest BCUT2D eigenvalue weighted by molar-refractivity contribution is 8.01. The number of carbonyl (C=O) groups excluding carboxylic acids is 1. The molecule has 0 saturated heterocycles. The van der Waals surface area contributed by atoms with Gasteiger partial charge in [-0.25, -0.2) is 4.98 Å². The van der Waals surface area contributed by atoms with Gasteiger partial charge in [-0.2, -0.15) is 0 Å². The first kappa shape index (κ1) is 18.4. The maximum absolute atomic E-state index is 12.0. The van der Waals surface area contributed by atoms with Crippen molar-refractivity contribution < 1.29 is 9.53 Å². The number of benzene rings is 1. The Morgan fingerprint density at radius 3 is 2.73 bits per heavy atom. The smallest absolute Gasteiger partial charge is 0.235 e. The molecule has 26 heavy (non-hydrogen) atoms. The number of nitrogens with zero attached hydrogens (tertiary/aromatic N) is 3. The number of thioether (sulfide) groups is 1. The lowest BCUT2D eigenvalue weighted by atomic mass is 10.3. The Morgan fingerprint density at radius 1 is 1.23 bits per heavy atom. The van der Waals surface area contributed by atoms with Gasteiger partial charge in [0.15, 0.2) is 4.34 Å². The van der Waals surface area contributed by atoms with E-state index in [2.05, 4.69) is 25.8 Å². The van der Waals surface area contributed by atoms with Gasteiger partial charge in [-0.05, 0) is 36.4 Å². The van der Waals surface area contributed by atoms with Crippen LogP contribution in [0.3, 0.4) is 0 Å². The largest absolute Gasteiger partial charge is 0.497 e. The molecule has 134 valence electrons. The van der Waals surface area contributed by atoms with Crippen LogP contribution >= 0.6 is 34.7 Å². The van der Waals surface area contributed by atoms with Crippen molar-refractivity contribution in [3.8, 4) is 5.75 Å². The molecule has 0 aliphatic heterocycles. The van der Waals surface area contributed by atoms with Crippen molar-refractivity contribution in [2.24, 2.45) is 0 Å². The Labute approximate surface area is 163 Å². The molecule has 0 spiro atoms. The fourth-order valence-corrected chi connectivity index (χ4v) is 3.56. The van der Waals surface area contributed by atoms with E-state index in [1.54, 1.807) is 19.2 Å². The normalized spacial score (nSPS) is 10.4. The van der Waals surface area contributed by atoms with Crippen LogP contribution in [0.5, 0.6) is 5.75 Å². The first-order valence-electron chi connectivity index (χ1n) is 7.41. The number of amides is 1. The van der Waals surface area contributed by atoms with Crippen molar-refractivity contribution in [3.05, 3.63) is 47.6 Å². The van der Waals surface area contributed by atoms with Crippen LogP contribution < -0.4 is 15.4 Å². The number of hydrogen-bond acceptors (Lipinski definition) is 8. The molecular weight excluding hydrogens is 394 g/mol. The van der Waals surface area contributed by atoms with Crippen LogP contribution in [-0.4, -0.2) is 34.0 Å². The van der Waals surface area contributed by atoms with E-state index in [-0.39, 0.29) is 11.7 Å². The molecular formula is C16H14ClN5O2S2. The summed E-state index contributed by atoms with van der Waals surface area (Å²) in [6, 6.07) is 10.8. The van der Waals surface area contributed by atoms with Gasteiger partial charge in [0, 0.05) is 11.9 Å². The highest BCUT2D eigenvalue weighted by Crippen LogP contribution is 2.28. The van der Waals surface area contributed by atoms with E-state index in [1.165, 1.54) is 29.3 Å². The minimum absolute atomic E-state index is 0.176. The molecule has 7 nitrogen and oxygen atoms in total. The Bertz CT molecular complexity index is 871. The first-order valence-corrected chi connectivity index (χ1v) is 9.59.